The molecule has 2 amide bonds. The number of amides is 2. The summed E-state index contributed by atoms with van der Waals surface area (Å²) < 4.78 is 0. The minimum Gasteiger partial charge on any atom is -0.340 e. The Kier molecular flexibility index (Phi) is 5.74. The van der Waals surface area contributed by atoms with Crippen molar-refractivity contribution in [1.29, 1.82) is 0 Å². The van der Waals surface area contributed by atoms with Crippen molar-refractivity contribution < 1.29 is 9.59 Å². The Morgan fingerprint density at radius 3 is 2.03 bits per heavy atom. The Morgan fingerprint density at radius 1 is 0.812 bits per heavy atom. The molecule has 2 aliphatic carbocycles. The third-order valence-corrected chi connectivity index (χ3v) is 6.93. The van der Waals surface area contributed by atoms with Crippen LogP contribution < -0.4 is 10.6 Å². The van der Waals surface area contributed by atoms with Crippen molar-refractivity contribution in [3.8, 4) is 0 Å². The molecule has 0 atom stereocenters. The zero-order chi connectivity index (χ0) is 22.0. The van der Waals surface area contributed by atoms with Gasteiger partial charge in [0.2, 0.25) is 11.8 Å². The van der Waals surface area contributed by atoms with Crippen molar-refractivity contribution in [2.75, 3.05) is 26.2 Å². The maximum atomic E-state index is 12.2. The molecule has 4 fully saturated rings. The number of benzene rings is 2. The zero-order valence-electron chi connectivity index (χ0n) is 18.6. The molecule has 2 N–H and O–H groups in total. The van der Waals surface area contributed by atoms with Gasteiger partial charge in [-0.15, -0.1) is 0 Å². The summed E-state index contributed by atoms with van der Waals surface area (Å²) in [6.45, 7) is 5.40. The third kappa shape index (κ3) is 4.87. The number of carbonyl (C=O) groups is 2. The average Bonchev–Trinajstić information content (AvgIpc) is 3.73. The van der Waals surface area contributed by atoms with Crippen LogP contribution in [0.5, 0.6) is 0 Å². The second-order valence-electron chi connectivity index (χ2n) is 9.68. The molecule has 2 aromatic carbocycles. The van der Waals surface area contributed by atoms with Crippen LogP contribution in [0.3, 0.4) is 0 Å². The van der Waals surface area contributed by atoms with E-state index in [0.717, 1.165) is 31.5 Å². The van der Waals surface area contributed by atoms with Crippen LogP contribution in [0.4, 0.5) is 0 Å². The van der Waals surface area contributed by atoms with Crippen LogP contribution in [0, 0.1) is 0 Å². The number of hydrogen-bond donors (Lipinski definition) is 2. The second kappa shape index (κ2) is 8.68. The fourth-order valence-corrected chi connectivity index (χ4v) is 4.81. The Labute approximate surface area is 190 Å². The maximum absolute atomic E-state index is 12.2. The Morgan fingerprint density at radius 2 is 1.44 bits per heavy atom. The molecule has 2 saturated heterocycles. The highest BCUT2D eigenvalue weighted by Gasteiger charge is 2.55. The Hall–Kier alpha value is -2.70. The van der Waals surface area contributed by atoms with Crippen LogP contribution in [0.1, 0.15) is 36.8 Å². The van der Waals surface area contributed by atoms with Gasteiger partial charge in [-0.2, -0.15) is 0 Å². The van der Waals surface area contributed by atoms with Crippen molar-refractivity contribution in [2.24, 2.45) is 0 Å². The molecular formula is C26H32N4O2. The van der Waals surface area contributed by atoms with Gasteiger partial charge < -0.3 is 15.5 Å². The third-order valence-electron chi connectivity index (χ3n) is 6.93. The monoisotopic (exact) mass is 432 g/mol. The summed E-state index contributed by atoms with van der Waals surface area (Å²) in [6, 6.07) is 20.6. The predicted octanol–water partition coefficient (Wildman–Crippen LogP) is 2.30. The molecule has 0 aromatic heterocycles. The summed E-state index contributed by atoms with van der Waals surface area (Å²) in [7, 11) is 0. The maximum Gasteiger partial charge on any atom is 0.249 e. The van der Waals surface area contributed by atoms with Gasteiger partial charge in [0.1, 0.15) is 5.54 Å². The number of rotatable bonds is 4. The first-order valence-electron chi connectivity index (χ1n) is 11.7. The molecule has 0 bridgehead atoms. The summed E-state index contributed by atoms with van der Waals surface area (Å²) in [4.78, 5) is 28.0. The standard InChI is InChI=1S/C13H14N2O2.C13H18N2/c16-11-9-15(8-10-4-2-1-3-5-10)12(17)13(14-11)6-7-13;1-2-4-12(5-3-1)10-15-9-8-14-13(11-15)6-7-13/h1-5H,6-9H2,(H,14,16);1-5,14H,6-11H2. The van der Waals surface area contributed by atoms with Gasteiger partial charge in [-0.25, -0.2) is 0 Å². The molecular weight excluding hydrogens is 400 g/mol. The van der Waals surface area contributed by atoms with Crippen LogP contribution in [0.15, 0.2) is 60.7 Å². The van der Waals surface area contributed by atoms with E-state index < -0.39 is 5.54 Å². The fourth-order valence-electron chi connectivity index (χ4n) is 4.81. The van der Waals surface area contributed by atoms with Gasteiger partial charge in [0, 0.05) is 38.3 Å². The summed E-state index contributed by atoms with van der Waals surface area (Å²) in [5, 5.41) is 6.45. The number of nitrogens with zero attached hydrogens (tertiary/aromatic N) is 2. The van der Waals surface area contributed by atoms with Gasteiger partial charge in [-0.05, 0) is 36.8 Å². The van der Waals surface area contributed by atoms with E-state index in [1.54, 1.807) is 4.90 Å². The van der Waals surface area contributed by atoms with Crippen molar-refractivity contribution in [3.05, 3.63) is 71.8 Å². The normalized spacial score (nSPS) is 22.8. The van der Waals surface area contributed by atoms with Crippen molar-refractivity contribution >= 4 is 11.8 Å². The number of nitrogens with one attached hydrogen (secondary N) is 2. The molecule has 0 unspecified atom stereocenters. The first kappa shape index (κ1) is 21.2. The summed E-state index contributed by atoms with van der Waals surface area (Å²) in [6.07, 6.45) is 4.31. The van der Waals surface area contributed by atoms with Gasteiger partial charge in [0.15, 0.2) is 0 Å². The highest BCUT2D eigenvalue weighted by Crippen LogP contribution is 2.39. The molecule has 0 radical (unpaired) electrons. The minimum absolute atomic E-state index is 0.0435. The van der Waals surface area contributed by atoms with E-state index in [2.05, 4.69) is 45.9 Å². The van der Waals surface area contributed by atoms with E-state index in [4.69, 9.17) is 0 Å². The van der Waals surface area contributed by atoms with E-state index in [-0.39, 0.29) is 18.4 Å². The minimum atomic E-state index is -0.551. The quantitative estimate of drug-likeness (QED) is 0.778. The molecule has 2 spiro atoms. The Balaban J connectivity index is 0.000000136. The number of carbonyl (C=O) groups excluding carboxylic acids is 2. The lowest BCUT2D eigenvalue weighted by atomic mass is 10.1. The molecule has 6 rings (SSSR count). The molecule has 2 saturated carbocycles. The van der Waals surface area contributed by atoms with Crippen LogP contribution in [0.2, 0.25) is 0 Å². The molecule has 6 nitrogen and oxygen atoms in total. The van der Waals surface area contributed by atoms with E-state index in [1.807, 2.05) is 30.3 Å². The second-order valence-corrected chi connectivity index (χ2v) is 9.68. The Bertz CT molecular complexity index is 954. The lowest BCUT2D eigenvalue weighted by Gasteiger charge is -2.34. The number of piperazine rings is 2. The van der Waals surface area contributed by atoms with Crippen LogP contribution in [0.25, 0.3) is 0 Å². The zero-order valence-corrected chi connectivity index (χ0v) is 18.6. The molecule has 4 aliphatic rings. The van der Waals surface area contributed by atoms with Gasteiger partial charge in [0.25, 0.3) is 0 Å². The van der Waals surface area contributed by atoms with Crippen LogP contribution in [-0.2, 0) is 22.7 Å². The summed E-state index contributed by atoms with van der Waals surface area (Å²) >= 11 is 0. The lowest BCUT2D eigenvalue weighted by molar-refractivity contribution is -0.146. The van der Waals surface area contributed by atoms with Crippen LogP contribution in [-0.4, -0.2) is 58.9 Å². The highest BCUT2D eigenvalue weighted by molar-refractivity contribution is 6.00. The van der Waals surface area contributed by atoms with Gasteiger partial charge in [-0.3, -0.25) is 14.5 Å². The molecule has 32 heavy (non-hydrogen) atoms. The first-order valence-corrected chi connectivity index (χ1v) is 11.7. The fraction of sp³-hybridized carbons (Fsp3) is 0.462. The topological polar surface area (TPSA) is 64.7 Å². The molecule has 168 valence electrons. The summed E-state index contributed by atoms with van der Waals surface area (Å²) in [5.74, 6) is 0.0268. The molecule has 2 heterocycles. The van der Waals surface area contributed by atoms with Crippen molar-refractivity contribution in [2.45, 2.75) is 49.9 Å². The lowest BCUT2D eigenvalue weighted by Crippen LogP contribution is -2.59. The van der Waals surface area contributed by atoms with E-state index >= 15 is 0 Å². The van der Waals surface area contributed by atoms with Crippen molar-refractivity contribution in [3.63, 3.8) is 0 Å². The van der Waals surface area contributed by atoms with Crippen LogP contribution >= 0.6 is 0 Å². The average molecular weight is 433 g/mol. The van der Waals surface area contributed by atoms with E-state index in [1.165, 1.54) is 31.5 Å². The van der Waals surface area contributed by atoms with Crippen molar-refractivity contribution in [1.82, 2.24) is 20.4 Å². The molecule has 2 aliphatic heterocycles. The molecule has 2 aromatic rings. The predicted molar refractivity (Wildman–Crippen MR) is 124 cm³/mol. The largest absolute Gasteiger partial charge is 0.340 e. The summed E-state index contributed by atoms with van der Waals surface area (Å²) in [5.41, 5.74) is 2.46. The molecule has 6 heteroatoms. The first-order chi connectivity index (χ1) is 15.6. The SMILES string of the molecule is O=C1CN(Cc2ccccc2)C(=O)C2(CC2)N1.c1ccc(CN2CCNC3(CC3)C2)cc1. The van der Waals surface area contributed by atoms with E-state index in [9.17, 15) is 9.59 Å². The van der Waals surface area contributed by atoms with E-state index in [0.29, 0.717) is 12.1 Å². The van der Waals surface area contributed by atoms with Gasteiger partial charge in [0.05, 0.1) is 6.54 Å². The smallest absolute Gasteiger partial charge is 0.249 e. The highest BCUT2D eigenvalue weighted by atomic mass is 16.2. The van der Waals surface area contributed by atoms with Gasteiger partial charge in [-0.1, -0.05) is 60.7 Å². The van der Waals surface area contributed by atoms with Gasteiger partial charge >= 0.3 is 0 Å². The number of hydrogen-bond acceptors (Lipinski definition) is 4.